The number of nitrogens with two attached hydrogens (primary N) is 1. The maximum absolute atomic E-state index is 11.6. The fraction of sp³-hybridized carbons (Fsp3) is 0.933. The van der Waals surface area contributed by atoms with Crippen LogP contribution in [0.5, 0.6) is 0 Å². The summed E-state index contributed by atoms with van der Waals surface area (Å²) in [5, 5.41) is 0. The molecule has 0 radical (unpaired) electrons. The molecular formula is C15H29NO5. The van der Waals surface area contributed by atoms with Crippen molar-refractivity contribution >= 4 is 5.97 Å². The molecule has 0 aliphatic heterocycles. The monoisotopic (exact) mass is 303 g/mol. The molecule has 1 aliphatic carbocycles. The van der Waals surface area contributed by atoms with Crippen molar-refractivity contribution in [3.63, 3.8) is 0 Å². The number of ether oxygens (including phenoxy) is 4. The lowest BCUT2D eigenvalue weighted by Crippen LogP contribution is -2.28. The maximum Gasteiger partial charge on any atom is 0.313 e. The van der Waals surface area contributed by atoms with Crippen LogP contribution in [0.4, 0.5) is 0 Å². The Labute approximate surface area is 127 Å². The molecular weight excluding hydrogens is 274 g/mol. The maximum atomic E-state index is 11.6. The van der Waals surface area contributed by atoms with Crippen LogP contribution in [0.15, 0.2) is 0 Å². The molecule has 21 heavy (non-hydrogen) atoms. The minimum atomic E-state index is -0.388. The molecule has 0 spiro atoms. The van der Waals surface area contributed by atoms with Gasteiger partial charge in [0.2, 0.25) is 0 Å². The van der Waals surface area contributed by atoms with Gasteiger partial charge in [0.25, 0.3) is 0 Å². The first-order valence-electron chi connectivity index (χ1n) is 7.85. The molecule has 0 amide bonds. The predicted octanol–water partition coefficient (Wildman–Crippen LogP) is 1.12. The Balaban J connectivity index is 1.78. The average molecular weight is 303 g/mol. The molecule has 0 atom stereocenters. The molecule has 0 heterocycles. The lowest BCUT2D eigenvalue weighted by molar-refractivity contribution is -0.151. The topological polar surface area (TPSA) is 80.0 Å². The Morgan fingerprint density at radius 2 is 1.48 bits per heavy atom. The SMILES string of the molecule is CCCCOCCOCCOCCOC(=O)C1(CN)CC1. The fourth-order valence-corrected chi connectivity index (χ4v) is 1.78. The Hall–Kier alpha value is -0.690. The second-order valence-electron chi connectivity index (χ2n) is 5.31. The summed E-state index contributed by atoms with van der Waals surface area (Å²) in [4.78, 5) is 11.6. The number of carbonyl (C=O) groups is 1. The lowest BCUT2D eigenvalue weighted by Gasteiger charge is -2.12. The molecule has 6 heteroatoms. The predicted molar refractivity (Wildman–Crippen MR) is 79.0 cm³/mol. The van der Waals surface area contributed by atoms with E-state index in [0.29, 0.717) is 39.6 Å². The van der Waals surface area contributed by atoms with E-state index in [9.17, 15) is 4.79 Å². The van der Waals surface area contributed by atoms with E-state index < -0.39 is 0 Å². The third kappa shape index (κ3) is 7.76. The Bertz CT molecular complexity index is 281. The minimum absolute atomic E-state index is 0.186. The van der Waals surface area contributed by atoms with Gasteiger partial charge < -0.3 is 24.7 Å². The van der Waals surface area contributed by atoms with Gasteiger partial charge >= 0.3 is 5.97 Å². The second kappa shape index (κ2) is 11.0. The van der Waals surface area contributed by atoms with Crippen LogP contribution in [-0.4, -0.2) is 58.8 Å². The van der Waals surface area contributed by atoms with Crippen molar-refractivity contribution in [2.45, 2.75) is 32.6 Å². The molecule has 124 valence electrons. The van der Waals surface area contributed by atoms with Gasteiger partial charge in [-0.25, -0.2) is 0 Å². The van der Waals surface area contributed by atoms with Crippen LogP contribution in [0, 0.1) is 5.41 Å². The van der Waals surface area contributed by atoms with Crippen molar-refractivity contribution in [1.29, 1.82) is 0 Å². The summed E-state index contributed by atoms with van der Waals surface area (Å²) < 4.78 is 21.2. The van der Waals surface area contributed by atoms with E-state index in [1.54, 1.807) is 0 Å². The molecule has 0 aromatic carbocycles. The highest BCUT2D eigenvalue weighted by atomic mass is 16.6. The molecule has 1 aliphatic rings. The van der Waals surface area contributed by atoms with Crippen LogP contribution in [0.3, 0.4) is 0 Å². The van der Waals surface area contributed by atoms with Gasteiger partial charge in [-0.15, -0.1) is 0 Å². The highest BCUT2D eigenvalue weighted by Gasteiger charge is 2.50. The average Bonchev–Trinajstić information content (AvgIpc) is 3.29. The van der Waals surface area contributed by atoms with Crippen molar-refractivity contribution in [2.75, 3.05) is 52.8 Å². The Kier molecular flexibility index (Phi) is 9.58. The van der Waals surface area contributed by atoms with Crippen molar-refractivity contribution in [2.24, 2.45) is 11.1 Å². The lowest BCUT2D eigenvalue weighted by atomic mass is 10.1. The fourth-order valence-electron chi connectivity index (χ4n) is 1.78. The first kappa shape index (κ1) is 18.4. The molecule has 0 aromatic rings. The van der Waals surface area contributed by atoms with E-state index in [4.69, 9.17) is 24.7 Å². The second-order valence-corrected chi connectivity index (χ2v) is 5.31. The van der Waals surface area contributed by atoms with Gasteiger partial charge in [-0.2, -0.15) is 0 Å². The number of carbonyl (C=O) groups excluding carboxylic acids is 1. The molecule has 2 N–H and O–H groups in total. The largest absolute Gasteiger partial charge is 0.463 e. The Morgan fingerprint density at radius 3 is 1.95 bits per heavy atom. The summed E-state index contributed by atoms with van der Waals surface area (Å²) in [6, 6.07) is 0. The van der Waals surface area contributed by atoms with Gasteiger partial charge in [0.15, 0.2) is 0 Å². The summed E-state index contributed by atoms with van der Waals surface area (Å²) in [5.74, 6) is -0.186. The molecule has 0 unspecified atom stereocenters. The van der Waals surface area contributed by atoms with Crippen LogP contribution < -0.4 is 5.73 Å². The molecule has 1 fully saturated rings. The van der Waals surface area contributed by atoms with Crippen LogP contribution in [-0.2, 0) is 23.7 Å². The van der Waals surface area contributed by atoms with Gasteiger partial charge in [0, 0.05) is 13.2 Å². The minimum Gasteiger partial charge on any atom is -0.463 e. The van der Waals surface area contributed by atoms with E-state index in [-0.39, 0.29) is 18.0 Å². The zero-order chi connectivity index (χ0) is 15.4. The number of rotatable bonds is 14. The van der Waals surface area contributed by atoms with Crippen LogP contribution >= 0.6 is 0 Å². The Morgan fingerprint density at radius 1 is 0.952 bits per heavy atom. The third-order valence-corrected chi connectivity index (χ3v) is 3.52. The van der Waals surface area contributed by atoms with Gasteiger partial charge in [0.1, 0.15) is 6.61 Å². The highest BCUT2D eigenvalue weighted by Crippen LogP contribution is 2.45. The zero-order valence-electron chi connectivity index (χ0n) is 13.1. The standard InChI is InChI=1S/C15H29NO5/c1-2-3-6-18-7-8-19-9-10-20-11-12-21-14(17)15(13-16)4-5-15/h2-13,16H2,1H3. The molecule has 0 bridgehead atoms. The summed E-state index contributed by atoms with van der Waals surface area (Å²) in [6.07, 6.45) is 3.92. The zero-order valence-corrected chi connectivity index (χ0v) is 13.1. The van der Waals surface area contributed by atoms with Crippen molar-refractivity contribution in [3.05, 3.63) is 0 Å². The van der Waals surface area contributed by atoms with Crippen LogP contribution in [0.25, 0.3) is 0 Å². The summed E-state index contributed by atoms with van der Waals surface area (Å²) >= 11 is 0. The van der Waals surface area contributed by atoms with Gasteiger partial charge in [-0.05, 0) is 19.3 Å². The van der Waals surface area contributed by atoms with E-state index in [2.05, 4.69) is 6.92 Å². The number of hydrogen-bond acceptors (Lipinski definition) is 6. The van der Waals surface area contributed by atoms with E-state index in [1.807, 2.05) is 0 Å². The molecule has 1 saturated carbocycles. The molecule has 0 saturated heterocycles. The van der Waals surface area contributed by atoms with Crippen molar-refractivity contribution < 1.29 is 23.7 Å². The molecule has 0 aromatic heterocycles. The number of hydrogen-bond donors (Lipinski definition) is 1. The molecule has 6 nitrogen and oxygen atoms in total. The first-order chi connectivity index (χ1) is 10.2. The van der Waals surface area contributed by atoms with E-state index >= 15 is 0 Å². The van der Waals surface area contributed by atoms with Crippen molar-refractivity contribution in [1.82, 2.24) is 0 Å². The smallest absolute Gasteiger partial charge is 0.313 e. The molecule has 1 rings (SSSR count). The quantitative estimate of drug-likeness (QED) is 0.382. The van der Waals surface area contributed by atoms with Crippen LogP contribution in [0.2, 0.25) is 0 Å². The van der Waals surface area contributed by atoms with Crippen molar-refractivity contribution in [3.8, 4) is 0 Å². The summed E-state index contributed by atoms with van der Waals surface area (Å²) in [7, 11) is 0. The summed E-state index contributed by atoms with van der Waals surface area (Å²) in [6.45, 7) is 6.21. The van der Waals surface area contributed by atoms with E-state index in [1.165, 1.54) is 0 Å². The van der Waals surface area contributed by atoms with Gasteiger partial charge in [-0.1, -0.05) is 13.3 Å². The third-order valence-electron chi connectivity index (χ3n) is 3.52. The van der Waals surface area contributed by atoms with Gasteiger partial charge in [-0.3, -0.25) is 4.79 Å². The number of esters is 1. The highest BCUT2D eigenvalue weighted by molar-refractivity contribution is 5.80. The van der Waals surface area contributed by atoms with E-state index in [0.717, 1.165) is 32.3 Å². The van der Waals surface area contributed by atoms with Crippen LogP contribution in [0.1, 0.15) is 32.6 Å². The van der Waals surface area contributed by atoms with Gasteiger partial charge in [0.05, 0.1) is 38.4 Å². The normalized spacial score (nSPS) is 15.9. The number of unbranched alkanes of at least 4 members (excludes halogenated alkanes) is 1. The first-order valence-corrected chi connectivity index (χ1v) is 7.85. The summed E-state index contributed by atoms with van der Waals surface area (Å²) in [5.41, 5.74) is 5.16.